The molecule has 1 aliphatic heterocycles. The van der Waals surface area contributed by atoms with Crippen molar-refractivity contribution in [3.8, 4) is 0 Å². The second kappa shape index (κ2) is 7.54. The molecule has 1 amide bonds. The van der Waals surface area contributed by atoms with E-state index in [0.717, 1.165) is 30.1 Å². The Morgan fingerprint density at radius 3 is 3.00 bits per heavy atom. The van der Waals surface area contributed by atoms with E-state index in [1.54, 1.807) is 23.2 Å². The predicted octanol–water partition coefficient (Wildman–Crippen LogP) is 2.19. The molecule has 5 nitrogen and oxygen atoms in total. The Morgan fingerprint density at radius 2 is 2.33 bits per heavy atom. The molecular weight excluding hydrogens is 288 g/mol. The first-order chi connectivity index (χ1) is 10.1. The van der Waals surface area contributed by atoms with Gasteiger partial charge in [0.2, 0.25) is 5.91 Å². The van der Waals surface area contributed by atoms with Gasteiger partial charge in [-0.15, -0.1) is 11.3 Å². The largest absolute Gasteiger partial charge is 0.466 e. The fourth-order valence-electron chi connectivity index (χ4n) is 2.57. The fourth-order valence-corrected chi connectivity index (χ4v) is 3.22. The number of piperidine rings is 1. The Morgan fingerprint density at radius 1 is 1.52 bits per heavy atom. The second-order valence-electron chi connectivity index (χ2n) is 5.29. The van der Waals surface area contributed by atoms with Gasteiger partial charge in [0, 0.05) is 24.9 Å². The number of aryl methyl sites for hydroxylation is 2. The minimum absolute atomic E-state index is 0.106. The highest BCUT2D eigenvalue weighted by molar-refractivity contribution is 7.09. The van der Waals surface area contributed by atoms with Crippen LogP contribution in [-0.2, 0) is 20.7 Å². The third-order valence-corrected chi connectivity index (χ3v) is 4.48. The van der Waals surface area contributed by atoms with Gasteiger partial charge in [-0.05, 0) is 33.1 Å². The van der Waals surface area contributed by atoms with Gasteiger partial charge in [0.1, 0.15) is 0 Å². The van der Waals surface area contributed by atoms with Gasteiger partial charge < -0.3 is 9.64 Å². The van der Waals surface area contributed by atoms with Crippen LogP contribution in [0.1, 0.15) is 36.9 Å². The number of amides is 1. The molecule has 1 atom stereocenters. The molecule has 2 heterocycles. The summed E-state index contributed by atoms with van der Waals surface area (Å²) >= 11 is 1.60. The average Bonchev–Trinajstić information content (AvgIpc) is 2.91. The Hall–Kier alpha value is -1.43. The lowest BCUT2D eigenvalue weighted by Gasteiger charge is -2.31. The minimum Gasteiger partial charge on any atom is -0.466 e. The van der Waals surface area contributed by atoms with Crippen LogP contribution in [0, 0.1) is 12.8 Å². The smallest absolute Gasteiger partial charge is 0.310 e. The van der Waals surface area contributed by atoms with Crippen molar-refractivity contribution >= 4 is 23.2 Å². The lowest BCUT2D eigenvalue weighted by molar-refractivity contribution is -0.151. The Balaban J connectivity index is 1.82. The Kier molecular flexibility index (Phi) is 5.73. The summed E-state index contributed by atoms with van der Waals surface area (Å²) in [4.78, 5) is 30.2. The highest BCUT2D eigenvalue weighted by atomic mass is 32.1. The van der Waals surface area contributed by atoms with E-state index in [9.17, 15) is 9.59 Å². The van der Waals surface area contributed by atoms with Crippen LogP contribution in [0.25, 0.3) is 0 Å². The van der Waals surface area contributed by atoms with Crippen molar-refractivity contribution in [1.29, 1.82) is 0 Å². The lowest BCUT2D eigenvalue weighted by atomic mass is 9.98. The van der Waals surface area contributed by atoms with Crippen LogP contribution >= 0.6 is 11.3 Å². The van der Waals surface area contributed by atoms with E-state index in [1.807, 2.05) is 12.3 Å². The first kappa shape index (κ1) is 15.9. The molecule has 1 aromatic heterocycles. The summed E-state index contributed by atoms with van der Waals surface area (Å²) in [5, 5.41) is 3.03. The molecular formula is C15H22N2O3S. The number of carbonyl (C=O) groups excluding carboxylic acids is 2. The van der Waals surface area contributed by atoms with Gasteiger partial charge in [0.25, 0.3) is 0 Å². The number of hydrogen-bond donors (Lipinski definition) is 0. The molecule has 2 rings (SSSR count). The molecule has 0 radical (unpaired) electrons. The number of ether oxygens (including phenoxy) is 1. The maximum absolute atomic E-state index is 12.3. The molecule has 1 aromatic rings. The lowest BCUT2D eigenvalue weighted by Crippen LogP contribution is -2.42. The zero-order valence-corrected chi connectivity index (χ0v) is 13.4. The standard InChI is InChI=1S/C15H22N2O3S/c1-3-20-15(19)12-5-4-8-17(9-12)14(18)7-6-13-10-21-11(2)16-13/h10,12H,3-9H2,1-2H3. The highest BCUT2D eigenvalue weighted by Crippen LogP contribution is 2.19. The number of likely N-dealkylation sites (tertiary alicyclic amines) is 1. The summed E-state index contributed by atoms with van der Waals surface area (Å²) in [5.74, 6) is -0.232. The number of rotatable bonds is 5. The molecule has 1 saturated heterocycles. The summed E-state index contributed by atoms with van der Waals surface area (Å²) in [6.45, 7) is 5.40. The number of hydrogen-bond acceptors (Lipinski definition) is 5. The molecule has 6 heteroatoms. The van der Waals surface area contributed by atoms with Gasteiger partial charge in [-0.25, -0.2) is 4.98 Å². The third-order valence-electron chi connectivity index (χ3n) is 3.66. The van der Waals surface area contributed by atoms with Gasteiger partial charge >= 0.3 is 5.97 Å². The monoisotopic (exact) mass is 310 g/mol. The van der Waals surface area contributed by atoms with E-state index < -0.39 is 0 Å². The van der Waals surface area contributed by atoms with Gasteiger partial charge in [0.15, 0.2) is 0 Å². The molecule has 1 aliphatic rings. The Labute approximate surface area is 129 Å². The maximum atomic E-state index is 12.3. The molecule has 0 N–H and O–H groups in total. The van der Waals surface area contributed by atoms with E-state index in [0.29, 0.717) is 26.0 Å². The summed E-state index contributed by atoms with van der Waals surface area (Å²) in [6.07, 6.45) is 2.81. The summed E-state index contributed by atoms with van der Waals surface area (Å²) in [5.41, 5.74) is 0.977. The third kappa shape index (κ3) is 4.52. The van der Waals surface area contributed by atoms with Crippen molar-refractivity contribution < 1.29 is 14.3 Å². The maximum Gasteiger partial charge on any atom is 0.310 e. The zero-order chi connectivity index (χ0) is 15.2. The average molecular weight is 310 g/mol. The van der Waals surface area contributed by atoms with E-state index in [4.69, 9.17) is 4.74 Å². The van der Waals surface area contributed by atoms with Gasteiger partial charge in [0.05, 0.1) is 23.2 Å². The van der Waals surface area contributed by atoms with Crippen LogP contribution in [0.3, 0.4) is 0 Å². The number of aromatic nitrogens is 1. The summed E-state index contributed by atoms with van der Waals surface area (Å²) in [6, 6.07) is 0. The van der Waals surface area contributed by atoms with Crippen LogP contribution in [0.5, 0.6) is 0 Å². The summed E-state index contributed by atoms with van der Waals surface area (Å²) < 4.78 is 5.06. The normalized spacial score (nSPS) is 18.6. The van der Waals surface area contributed by atoms with E-state index >= 15 is 0 Å². The fraction of sp³-hybridized carbons (Fsp3) is 0.667. The number of carbonyl (C=O) groups is 2. The van der Waals surface area contributed by atoms with Crippen LogP contribution in [0.15, 0.2) is 5.38 Å². The number of thiazole rings is 1. The van der Waals surface area contributed by atoms with Crippen molar-refractivity contribution in [2.75, 3.05) is 19.7 Å². The minimum atomic E-state index is -0.176. The number of esters is 1. The second-order valence-corrected chi connectivity index (χ2v) is 6.35. The zero-order valence-electron chi connectivity index (χ0n) is 12.6. The molecule has 116 valence electrons. The number of nitrogens with zero attached hydrogens (tertiary/aromatic N) is 2. The predicted molar refractivity (Wildman–Crippen MR) is 81.1 cm³/mol. The van der Waals surface area contributed by atoms with Gasteiger partial charge in [-0.1, -0.05) is 0 Å². The van der Waals surface area contributed by atoms with Crippen molar-refractivity contribution in [3.05, 3.63) is 16.1 Å². The van der Waals surface area contributed by atoms with Gasteiger partial charge in [-0.3, -0.25) is 9.59 Å². The van der Waals surface area contributed by atoms with E-state index in [-0.39, 0.29) is 17.8 Å². The molecule has 1 fully saturated rings. The highest BCUT2D eigenvalue weighted by Gasteiger charge is 2.29. The van der Waals surface area contributed by atoms with Crippen LogP contribution in [0.4, 0.5) is 0 Å². The van der Waals surface area contributed by atoms with Gasteiger partial charge in [-0.2, -0.15) is 0 Å². The molecule has 0 saturated carbocycles. The molecule has 0 aliphatic carbocycles. The molecule has 0 bridgehead atoms. The summed E-state index contributed by atoms with van der Waals surface area (Å²) in [7, 11) is 0. The van der Waals surface area contributed by atoms with Crippen molar-refractivity contribution in [2.24, 2.45) is 5.92 Å². The SMILES string of the molecule is CCOC(=O)C1CCCN(C(=O)CCc2csc(C)n2)C1. The van der Waals surface area contributed by atoms with Crippen LogP contribution in [0.2, 0.25) is 0 Å². The Bertz CT molecular complexity index is 501. The first-order valence-electron chi connectivity index (χ1n) is 7.45. The van der Waals surface area contributed by atoms with E-state index in [2.05, 4.69) is 4.98 Å². The van der Waals surface area contributed by atoms with Crippen LogP contribution in [-0.4, -0.2) is 41.5 Å². The molecule has 21 heavy (non-hydrogen) atoms. The molecule has 0 aromatic carbocycles. The van der Waals surface area contributed by atoms with E-state index in [1.165, 1.54) is 0 Å². The molecule has 0 spiro atoms. The topological polar surface area (TPSA) is 59.5 Å². The van der Waals surface area contributed by atoms with Crippen molar-refractivity contribution in [3.63, 3.8) is 0 Å². The quantitative estimate of drug-likeness (QED) is 0.782. The molecule has 1 unspecified atom stereocenters. The van der Waals surface area contributed by atoms with Crippen LogP contribution < -0.4 is 0 Å². The first-order valence-corrected chi connectivity index (χ1v) is 8.33. The van der Waals surface area contributed by atoms with Crippen molar-refractivity contribution in [2.45, 2.75) is 39.5 Å². The van der Waals surface area contributed by atoms with Crippen molar-refractivity contribution in [1.82, 2.24) is 9.88 Å².